The Balaban J connectivity index is 2.24. The van der Waals surface area contributed by atoms with E-state index < -0.39 is 0 Å². The van der Waals surface area contributed by atoms with Crippen molar-refractivity contribution >= 4 is 28.2 Å². The first kappa shape index (κ1) is 10.8. The number of aromatic nitrogens is 2. The molecular weight excluding hydrogens is 323 g/mol. The number of benzene rings is 1. The lowest BCUT2D eigenvalue weighted by atomic mass is 10.1. The van der Waals surface area contributed by atoms with Gasteiger partial charge in [-0.15, -0.1) is 0 Å². The Morgan fingerprint density at radius 2 is 1.82 bits per heavy atom. The van der Waals surface area contributed by atoms with Gasteiger partial charge in [0, 0.05) is 11.8 Å². The number of halogens is 1. The van der Waals surface area contributed by atoms with Crippen molar-refractivity contribution < 1.29 is 0 Å². The first-order valence-electron chi connectivity index (χ1n) is 5.45. The number of hydrogen-bond donors (Lipinski definition) is 0. The molecule has 0 aliphatic heterocycles. The molecule has 0 radical (unpaired) electrons. The second-order valence-corrected chi connectivity index (χ2v) is 5.07. The van der Waals surface area contributed by atoms with Crippen molar-refractivity contribution in [3.63, 3.8) is 0 Å². The van der Waals surface area contributed by atoms with Gasteiger partial charge < -0.3 is 0 Å². The average molecular weight is 334 g/mol. The molecule has 2 nitrogen and oxygen atoms in total. The van der Waals surface area contributed by atoms with Crippen LogP contribution in [-0.2, 0) is 0 Å². The van der Waals surface area contributed by atoms with Crippen LogP contribution in [0.2, 0.25) is 0 Å². The van der Waals surface area contributed by atoms with Crippen LogP contribution in [0.4, 0.5) is 0 Å². The first-order chi connectivity index (χ1) is 8.25. The van der Waals surface area contributed by atoms with Gasteiger partial charge in [0.05, 0.1) is 0 Å². The molecule has 0 fully saturated rings. The Morgan fingerprint density at radius 1 is 1.06 bits per heavy atom. The SMILES string of the molecule is Cc1ccc(-c2nc3ccccn3c2I)cc1. The molecule has 0 saturated heterocycles. The summed E-state index contributed by atoms with van der Waals surface area (Å²) in [6.45, 7) is 2.10. The molecule has 3 heteroatoms. The summed E-state index contributed by atoms with van der Waals surface area (Å²) >= 11 is 2.35. The van der Waals surface area contributed by atoms with Gasteiger partial charge in [-0.3, -0.25) is 4.40 Å². The van der Waals surface area contributed by atoms with Crippen LogP contribution in [0.3, 0.4) is 0 Å². The van der Waals surface area contributed by atoms with E-state index in [0.717, 1.165) is 15.0 Å². The Bertz CT molecular complexity index is 668. The molecule has 0 aliphatic rings. The molecule has 0 unspecified atom stereocenters. The highest BCUT2D eigenvalue weighted by atomic mass is 127. The van der Waals surface area contributed by atoms with Crippen molar-refractivity contribution in [2.24, 2.45) is 0 Å². The van der Waals surface area contributed by atoms with Gasteiger partial charge in [-0.1, -0.05) is 35.9 Å². The summed E-state index contributed by atoms with van der Waals surface area (Å²) in [6.07, 6.45) is 2.04. The van der Waals surface area contributed by atoms with Crippen LogP contribution in [0.15, 0.2) is 48.7 Å². The van der Waals surface area contributed by atoms with E-state index in [1.165, 1.54) is 11.1 Å². The largest absolute Gasteiger partial charge is 0.294 e. The standard InChI is InChI=1S/C14H11IN2/c1-10-5-7-11(8-6-10)13-14(15)17-9-3-2-4-12(17)16-13/h2-9H,1H3. The quantitative estimate of drug-likeness (QED) is 0.617. The minimum absolute atomic E-state index is 0.993. The van der Waals surface area contributed by atoms with E-state index in [4.69, 9.17) is 0 Å². The lowest BCUT2D eigenvalue weighted by Crippen LogP contribution is -1.85. The van der Waals surface area contributed by atoms with Gasteiger partial charge >= 0.3 is 0 Å². The van der Waals surface area contributed by atoms with E-state index in [1.807, 2.05) is 24.4 Å². The summed E-state index contributed by atoms with van der Waals surface area (Å²) in [7, 11) is 0. The van der Waals surface area contributed by atoms with Crippen molar-refractivity contribution in [3.05, 3.63) is 57.9 Å². The third kappa shape index (κ3) is 1.84. The molecule has 17 heavy (non-hydrogen) atoms. The minimum Gasteiger partial charge on any atom is -0.294 e. The van der Waals surface area contributed by atoms with Gasteiger partial charge in [-0.05, 0) is 41.6 Å². The molecular formula is C14H11IN2. The Morgan fingerprint density at radius 3 is 2.53 bits per heavy atom. The molecule has 1 aromatic carbocycles. The molecule has 0 atom stereocenters. The average Bonchev–Trinajstić information content (AvgIpc) is 2.69. The number of hydrogen-bond acceptors (Lipinski definition) is 1. The minimum atomic E-state index is 0.993. The number of rotatable bonds is 1. The molecule has 0 bridgehead atoms. The molecule has 3 rings (SSSR count). The maximum absolute atomic E-state index is 4.67. The normalized spacial score (nSPS) is 10.9. The monoisotopic (exact) mass is 334 g/mol. The molecule has 2 heterocycles. The van der Waals surface area contributed by atoms with Crippen molar-refractivity contribution in [1.82, 2.24) is 9.38 Å². The highest BCUT2D eigenvalue weighted by Crippen LogP contribution is 2.25. The zero-order valence-electron chi connectivity index (χ0n) is 9.39. The summed E-state index contributed by atoms with van der Waals surface area (Å²) < 4.78 is 3.26. The number of pyridine rings is 1. The van der Waals surface area contributed by atoms with Gasteiger partial charge in [0.2, 0.25) is 0 Å². The van der Waals surface area contributed by atoms with Gasteiger partial charge in [0.1, 0.15) is 15.0 Å². The van der Waals surface area contributed by atoms with E-state index >= 15 is 0 Å². The highest BCUT2D eigenvalue weighted by molar-refractivity contribution is 14.1. The van der Waals surface area contributed by atoms with Gasteiger partial charge in [-0.25, -0.2) is 4.98 Å². The van der Waals surface area contributed by atoms with Crippen molar-refractivity contribution in [1.29, 1.82) is 0 Å². The summed E-state index contributed by atoms with van der Waals surface area (Å²) in [5, 5.41) is 0. The van der Waals surface area contributed by atoms with E-state index in [9.17, 15) is 0 Å². The van der Waals surface area contributed by atoms with Crippen molar-refractivity contribution in [3.8, 4) is 11.3 Å². The van der Waals surface area contributed by atoms with Gasteiger partial charge in [0.25, 0.3) is 0 Å². The number of aryl methyl sites for hydroxylation is 1. The third-order valence-electron chi connectivity index (χ3n) is 2.80. The summed E-state index contributed by atoms with van der Waals surface area (Å²) in [6, 6.07) is 14.6. The molecule has 0 amide bonds. The van der Waals surface area contributed by atoms with E-state index in [-0.39, 0.29) is 0 Å². The maximum atomic E-state index is 4.67. The molecule has 0 aliphatic carbocycles. The Kier molecular flexibility index (Phi) is 2.63. The van der Waals surface area contributed by atoms with Crippen LogP contribution in [0.1, 0.15) is 5.56 Å². The number of fused-ring (bicyclic) bond motifs is 1. The predicted molar refractivity (Wildman–Crippen MR) is 78.1 cm³/mol. The lowest BCUT2D eigenvalue weighted by Gasteiger charge is -1.98. The summed E-state index contributed by atoms with van der Waals surface area (Å²) in [5.74, 6) is 0. The smallest absolute Gasteiger partial charge is 0.138 e. The summed E-state index contributed by atoms with van der Waals surface area (Å²) in [5.41, 5.74) is 4.49. The van der Waals surface area contributed by atoms with Crippen molar-refractivity contribution in [2.45, 2.75) is 6.92 Å². The van der Waals surface area contributed by atoms with Gasteiger partial charge in [-0.2, -0.15) is 0 Å². The van der Waals surface area contributed by atoms with E-state index in [2.05, 4.69) is 63.2 Å². The zero-order valence-corrected chi connectivity index (χ0v) is 11.5. The van der Waals surface area contributed by atoms with E-state index in [0.29, 0.717) is 0 Å². The highest BCUT2D eigenvalue weighted by Gasteiger charge is 2.10. The molecule has 3 aromatic rings. The van der Waals surface area contributed by atoms with Crippen LogP contribution in [-0.4, -0.2) is 9.38 Å². The van der Waals surface area contributed by atoms with Crippen LogP contribution >= 0.6 is 22.6 Å². The number of nitrogens with zero attached hydrogens (tertiary/aromatic N) is 2. The molecule has 0 N–H and O–H groups in total. The number of imidazole rings is 1. The van der Waals surface area contributed by atoms with Crippen LogP contribution in [0, 0.1) is 10.6 Å². The van der Waals surface area contributed by atoms with Crippen LogP contribution in [0.5, 0.6) is 0 Å². The Labute approximate surface area is 113 Å². The van der Waals surface area contributed by atoms with E-state index in [1.54, 1.807) is 0 Å². The van der Waals surface area contributed by atoms with Crippen LogP contribution in [0.25, 0.3) is 16.9 Å². The first-order valence-corrected chi connectivity index (χ1v) is 6.53. The predicted octanol–water partition coefficient (Wildman–Crippen LogP) is 3.91. The molecule has 84 valence electrons. The fourth-order valence-corrected chi connectivity index (χ4v) is 2.70. The Hall–Kier alpha value is -1.36. The second kappa shape index (κ2) is 4.14. The van der Waals surface area contributed by atoms with Crippen LogP contribution < -0.4 is 0 Å². The van der Waals surface area contributed by atoms with Crippen molar-refractivity contribution in [2.75, 3.05) is 0 Å². The molecule has 2 aromatic heterocycles. The molecule has 0 spiro atoms. The fraction of sp³-hybridized carbons (Fsp3) is 0.0714. The summed E-state index contributed by atoms with van der Waals surface area (Å²) in [4.78, 5) is 4.67. The topological polar surface area (TPSA) is 17.3 Å². The molecule has 0 saturated carbocycles. The fourth-order valence-electron chi connectivity index (χ4n) is 1.86. The lowest BCUT2D eigenvalue weighted by molar-refractivity contribution is 1.15. The zero-order chi connectivity index (χ0) is 11.8. The second-order valence-electron chi connectivity index (χ2n) is 4.05. The maximum Gasteiger partial charge on any atom is 0.138 e. The third-order valence-corrected chi connectivity index (χ3v) is 3.83. The van der Waals surface area contributed by atoms with Gasteiger partial charge in [0.15, 0.2) is 0 Å².